The first-order chi connectivity index (χ1) is 5.13. The fraction of sp³-hybridized carbons (Fsp3) is 0.750. The molecule has 0 aromatic heterocycles. The lowest BCUT2D eigenvalue weighted by molar-refractivity contribution is -0.146. The SMILES string of the molecule is CCOC(=O)C(C=N)C(C)C. The molecule has 3 heteroatoms. The third kappa shape index (κ3) is 3.16. The summed E-state index contributed by atoms with van der Waals surface area (Å²) in [6.07, 6.45) is 1.14. The van der Waals surface area contributed by atoms with Crippen LogP contribution >= 0.6 is 0 Å². The summed E-state index contributed by atoms with van der Waals surface area (Å²) in [5.74, 6) is -0.529. The normalized spacial score (nSPS) is 12.7. The van der Waals surface area contributed by atoms with Gasteiger partial charge < -0.3 is 10.1 Å². The first-order valence-corrected chi connectivity index (χ1v) is 3.80. The molecule has 0 aliphatic heterocycles. The van der Waals surface area contributed by atoms with E-state index in [9.17, 15) is 4.79 Å². The summed E-state index contributed by atoms with van der Waals surface area (Å²) in [6.45, 7) is 5.94. The van der Waals surface area contributed by atoms with Crippen molar-refractivity contribution in [2.45, 2.75) is 20.8 Å². The van der Waals surface area contributed by atoms with E-state index in [2.05, 4.69) is 0 Å². The monoisotopic (exact) mass is 157 g/mol. The molecule has 0 amide bonds. The predicted molar refractivity (Wildman–Crippen MR) is 43.7 cm³/mol. The van der Waals surface area contributed by atoms with E-state index < -0.39 is 0 Å². The van der Waals surface area contributed by atoms with Crippen LogP contribution in [0.15, 0.2) is 0 Å². The van der Waals surface area contributed by atoms with Crippen molar-refractivity contribution in [3.8, 4) is 0 Å². The van der Waals surface area contributed by atoms with E-state index in [-0.39, 0.29) is 17.8 Å². The number of carbonyl (C=O) groups is 1. The molecule has 11 heavy (non-hydrogen) atoms. The zero-order valence-electron chi connectivity index (χ0n) is 7.26. The van der Waals surface area contributed by atoms with Gasteiger partial charge in [0, 0.05) is 6.21 Å². The minimum atomic E-state index is -0.380. The summed E-state index contributed by atoms with van der Waals surface area (Å²) in [4.78, 5) is 11.0. The van der Waals surface area contributed by atoms with Gasteiger partial charge in [-0.2, -0.15) is 0 Å². The van der Waals surface area contributed by atoms with E-state index in [0.717, 1.165) is 6.21 Å². The number of ether oxygens (including phenoxy) is 1. The largest absolute Gasteiger partial charge is 0.465 e. The molecule has 0 saturated carbocycles. The maximum Gasteiger partial charge on any atom is 0.314 e. The van der Waals surface area contributed by atoms with Crippen LogP contribution < -0.4 is 0 Å². The van der Waals surface area contributed by atoms with Crippen LogP contribution in [0.2, 0.25) is 0 Å². The van der Waals surface area contributed by atoms with Crippen LogP contribution in [0, 0.1) is 17.2 Å². The van der Waals surface area contributed by atoms with Crippen molar-refractivity contribution < 1.29 is 9.53 Å². The minimum absolute atomic E-state index is 0.145. The molecule has 0 saturated heterocycles. The van der Waals surface area contributed by atoms with Crippen LogP contribution in [0.4, 0.5) is 0 Å². The molecule has 0 radical (unpaired) electrons. The number of hydrogen-bond acceptors (Lipinski definition) is 3. The maximum absolute atomic E-state index is 11.0. The summed E-state index contributed by atoms with van der Waals surface area (Å²) < 4.78 is 4.77. The van der Waals surface area contributed by atoms with Crippen LogP contribution in [0.5, 0.6) is 0 Å². The Balaban J connectivity index is 4.03. The van der Waals surface area contributed by atoms with Gasteiger partial charge in [-0.15, -0.1) is 0 Å². The molecule has 0 spiro atoms. The fourth-order valence-corrected chi connectivity index (χ4v) is 0.771. The summed E-state index contributed by atoms with van der Waals surface area (Å²) in [5.41, 5.74) is 0. The molecule has 64 valence electrons. The average molecular weight is 157 g/mol. The van der Waals surface area contributed by atoms with Crippen molar-refractivity contribution in [3.05, 3.63) is 0 Å². The molecule has 0 heterocycles. The van der Waals surface area contributed by atoms with Gasteiger partial charge in [-0.3, -0.25) is 4.79 Å². The molecule has 3 nitrogen and oxygen atoms in total. The van der Waals surface area contributed by atoms with Gasteiger partial charge in [0.2, 0.25) is 0 Å². The van der Waals surface area contributed by atoms with Gasteiger partial charge in [-0.1, -0.05) is 13.8 Å². The molecule has 0 aliphatic rings. The minimum Gasteiger partial charge on any atom is -0.465 e. The van der Waals surface area contributed by atoms with Crippen molar-refractivity contribution in [2.24, 2.45) is 11.8 Å². The molecule has 1 atom stereocenters. The van der Waals surface area contributed by atoms with Gasteiger partial charge >= 0.3 is 5.97 Å². The van der Waals surface area contributed by atoms with Gasteiger partial charge in [0.15, 0.2) is 0 Å². The molecule has 0 rings (SSSR count). The average Bonchev–Trinajstić information content (AvgIpc) is 1.88. The summed E-state index contributed by atoms with van der Waals surface area (Å²) in [6, 6.07) is 0. The lowest BCUT2D eigenvalue weighted by atomic mass is 9.98. The van der Waals surface area contributed by atoms with E-state index in [0.29, 0.717) is 6.61 Å². The second-order valence-electron chi connectivity index (χ2n) is 2.69. The summed E-state index contributed by atoms with van der Waals surface area (Å²) >= 11 is 0. The standard InChI is InChI=1S/C8H15NO2/c1-4-11-8(10)7(5-9)6(2)3/h5-7,9H,4H2,1-3H3. The van der Waals surface area contributed by atoms with E-state index in [4.69, 9.17) is 10.1 Å². The highest BCUT2D eigenvalue weighted by Gasteiger charge is 2.20. The number of nitrogens with one attached hydrogen (secondary N) is 1. The Morgan fingerprint density at radius 2 is 2.18 bits per heavy atom. The van der Waals surface area contributed by atoms with Crippen molar-refractivity contribution >= 4 is 12.2 Å². The van der Waals surface area contributed by atoms with Crippen molar-refractivity contribution in [2.75, 3.05) is 6.61 Å². The van der Waals surface area contributed by atoms with Crippen LogP contribution in [0.1, 0.15) is 20.8 Å². The molecule has 0 fully saturated rings. The van der Waals surface area contributed by atoms with Crippen LogP contribution in [0.25, 0.3) is 0 Å². The van der Waals surface area contributed by atoms with E-state index >= 15 is 0 Å². The maximum atomic E-state index is 11.0. The molecule has 1 unspecified atom stereocenters. The lowest BCUT2D eigenvalue weighted by Gasteiger charge is -2.13. The topological polar surface area (TPSA) is 50.2 Å². The molecular formula is C8H15NO2. The second kappa shape index (κ2) is 4.88. The highest BCUT2D eigenvalue weighted by atomic mass is 16.5. The molecular weight excluding hydrogens is 142 g/mol. The van der Waals surface area contributed by atoms with Gasteiger partial charge in [0.25, 0.3) is 0 Å². The van der Waals surface area contributed by atoms with Gasteiger partial charge in [-0.25, -0.2) is 0 Å². The zero-order chi connectivity index (χ0) is 8.85. The first kappa shape index (κ1) is 10.1. The molecule has 1 N–H and O–H groups in total. The van der Waals surface area contributed by atoms with Crippen LogP contribution in [-0.2, 0) is 9.53 Å². The van der Waals surface area contributed by atoms with Gasteiger partial charge in [0.1, 0.15) is 0 Å². The highest BCUT2D eigenvalue weighted by molar-refractivity contribution is 5.88. The van der Waals surface area contributed by atoms with E-state index in [1.807, 2.05) is 13.8 Å². The summed E-state index contributed by atoms with van der Waals surface area (Å²) in [7, 11) is 0. The molecule has 0 bridgehead atoms. The van der Waals surface area contributed by atoms with Crippen LogP contribution in [0.3, 0.4) is 0 Å². The smallest absolute Gasteiger partial charge is 0.314 e. The number of esters is 1. The Bertz CT molecular complexity index is 143. The first-order valence-electron chi connectivity index (χ1n) is 3.80. The Hall–Kier alpha value is -0.860. The van der Waals surface area contributed by atoms with Crippen LogP contribution in [-0.4, -0.2) is 18.8 Å². The number of hydrogen-bond donors (Lipinski definition) is 1. The van der Waals surface area contributed by atoms with Crippen molar-refractivity contribution in [1.82, 2.24) is 0 Å². The molecule has 0 aromatic rings. The quantitative estimate of drug-likeness (QED) is 0.496. The Morgan fingerprint density at radius 1 is 1.64 bits per heavy atom. The predicted octanol–water partition coefficient (Wildman–Crippen LogP) is 1.47. The zero-order valence-corrected chi connectivity index (χ0v) is 7.26. The Morgan fingerprint density at radius 3 is 2.45 bits per heavy atom. The third-order valence-corrected chi connectivity index (χ3v) is 1.46. The van der Waals surface area contributed by atoms with Crippen molar-refractivity contribution in [1.29, 1.82) is 5.41 Å². The van der Waals surface area contributed by atoms with E-state index in [1.165, 1.54) is 0 Å². The van der Waals surface area contributed by atoms with Gasteiger partial charge in [-0.05, 0) is 12.8 Å². The van der Waals surface area contributed by atoms with Crippen molar-refractivity contribution in [3.63, 3.8) is 0 Å². The lowest BCUT2D eigenvalue weighted by Crippen LogP contribution is -2.23. The number of rotatable bonds is 4. The fourth-order valence-electron chi connectivity index (χ4n) is 0.771. The van der Waals surface area contributed by atoms with E-state index in [1.54, 1.807) is 6.92 Å². The molecule has 0 aliphatic carbocycles. The molecule has 0 aromatic carbocycles. The number of carbonyl (C=O) groups excluding carboxylic acids is 1. The second-order valence-corrected chi connectivity index (χ2v) is 2.69. The third-order valence-electron chi connectivity index (χ3n) is 1.46. The summed E-state index contributed by atoms with van der Waals surface area (Å²) in [5, 5.41) is 6.97. The Kier molecular flexibility index (Phi) is 4.50. The highest BCUT2D eigenvalue weighted by Crippen LogP contribution is 2.09. The Labute approximate surface area is 67.3 Å². The van der Waals surface area contributed by atoms with Gasteiger partial charge in [0.05, 0.1) is 12.5 Å².